The van der Waals surface area contributed by atoms with Crippen molar-refractivity contribution in [2.75, 3.05) is 5.73 Å². The van der Waals surface area contributed by atoms with Crippen LogP contribution in [-0.4, -0.2) is 35.0 Å². The summed E-state index contributed by atoms with van der Waals surface area (Å²) in [5, 5.41) is 7.71. The van der Waals surface area contributed by atoms with E-state index in [0.29, 0.717) is 39.3 Å². The van der Waals surface area contributed by atoms with E-state index in [0.717, 1.165) is 5.56 Å². The highest BCUT2D eigenvalue weighted by Gasteiger charge is 2.24. The van der Waals surface area contributed by atoms with Crippen LogP contribution in [0.3, 0.4) is 0 Å². The number of para-hydroxylation sites is 1. The highest BCUT2D eigenvalue weighted by molar-refractivity contribution is 5.98. The van der Waals surface area contributed by atoms with E-state index in [2.05, 4.69) is 32.2 Å². The topological polar surface area (TPSA) is 133 Å². The van der Waals surface area contributed by atoms with Gasteiger partial charge in [0.1, 0.15) is 5.82 Å². The second kappa shape index (κ2) is 10.4. The number of nitrogens with two attached hydrogens (primary N) is 1. The molecular formula is C31H24N8O2. The summed E-state index contributed by atoms with van der Waals surface area (Å²) in [5.74, 6) is 6.12. The number of aromatic nitrogens is 6. The Kier molecular flexibility index (Phi) is 6.45. The second-order valence-electron chi connectivity index (χ2n) is 9.42. The Morgan fingerprint density at radius 2 is 1.73 bits per heavy atom. The Balaban J connectivity index is 1.48. The van der Waals surface area contributed by atoms with E-state index in [1.54, 1.807) is 61.8 Å². The van der Waals surface area contributed by atoms with Crippen molar-refractivity contribution < 1.29 is 4.79 Å². The Bertz CT molecular complexity index is 2060. The predicted molar refractivity (Wildman–Crippen MR) is 156 cm³/mol. The molecule has 0 fully saturated rings. The van der Waals surface area contributed by atoms with Crippen LogP contribution >= 0.6 is 0 Å². The minimum atomic E-state index is -0.693. The van der Waals surface area contributed by atoms with E-state index in [-0.39, 0.29) is 17.1 Å². The van der Waals surface area contributed by atoms with Crippen LogP contribution in [0.5, 0.6) is 0 Å². The average Bonchev–Trinajstić information content (AvgIpc) is 3.31. The molecule has 1 atom stereocenters. The Labute approximate surface area is 234 Å². The molecule has 6 aromatic rings. The number of aryl methyl sites for hydroxylation is 1. The molecule has 4 heterocycles. The molecule has 0 saturated carbocycles. The van der Waals surface area contributed by atoms with E-state index in [1.807, 2.05) is 37.3 Å². The fourth-order valence-corrected chi connectivity index (χ4v) is 4.63. The van der Waals surface area contributed by atoms with E-state index in [9.17, 15) is 9.59 Å². The van der Waals surface area contributed by atoms with E-state index in [4.69, 9.17) is 10.7 Å². The molecular weight excluding hydrogens is 516 g/mol. The van der Waals surface area contributed by atoms with Crippen molar-refractivity contribution >= 4 is 28.3 Å². The van der Waals surface area contributed by atoms with Gasteiger partial charge in [-0.05, 0) is 62.4 Å². The molecule has 1 amide bonds. The first-order valence-corrected chi connectivity index (χ1v) is 12.9. The number of carbonyl (C=O) groups excluding carboxylic acids is 1. The summed E-state index contributed by atoms with van der Waals surface area (Å²) in [6.45, 7) is 3.57. The summed E-state index contributed by atoms with van der Waals surface area (Å²) in [7, 11) is 0. The van der Waals surface area contributed by atoms with Gasteiger partial charge < -0.3 is 11.1 Å². The van der Waals surface area contributed by atoms with Gasteiger partial charge in [-0.2, -0.15) is 5.10 Å². The number of hydrogen-bond acceptors (Lipinski definition) is 7. The number of benzene rings is 2. The van der Waals surface area contributed by atoms with Gasteiger partial charge in [0.05, 0.1) is 28.3 Å². The Hall–Kier alpha value is -5.82. The molecule has 0 radical (unpaired) electrons. The Morgan fingerprint density at radius 3 is 2.51 bits per heavy atom. The van der Waals surface area contributed by atoms with Gasteiger partial charge >= 0.3 is 0 Å². The summed E-state index contributed by atoms with van der Waals surface area (Å²) >= 11 is 0. The monoisotopic (exact) mass is 540 g/mol. The molecule has 3 N–H and O–H groups in total. The number of nitrogens with one attached hydrogen (secondary N) is 1. The van der Waals surface area contributed by atoms with Crippen molar-refractivity contribution in [1.82, 2.24) is 34.4 Å². The number of imidazole rings is 1. The summed E-state index contributed by atoms with van der Waals surface area (Å²) in [6, 6.07) is 21.0. The van der Waals surface area contributed by atoms with Crippen molar-refractivity contribution in [3.63, 3.8) is 0 Å². The number of anilines is 1. The largest absolute Gasteiger partial charge is 0.382 e. The van der Waals surface area contributed by atoms with Crippen LogP contribution in [0.1, 0.15) is 46.1 Å². The molecule has 200 valence electrons. The summed E-state index contributed by atoms with van der Waals surface area (Å²) in [6.07, 6.45) is 3.33. The number of nitrogen functional groups attached to an aromatic ring is 1. The lowest BCUT2D eigenvalue weighted by Crippen LogP contribution is -2.34. The first-order chi connectivity index (χ1) is 19.9. The predicted octanol–water partition coefficient (Wildman–Crippen LogP) is 3.60. The molecule has 6 rings (SSSR count). The van der Waals surface area contributed by atoms with Crippen LogP contribution in [-0.2, 0) is 0 Å². The minimum Gasteiger partial charge on any atom is -0.382 e. The third-order valence-corrected chi connectivity index (χ3v) is 6.55. The van der Waals surface area contributed by atoms with Crippen molar-refractivity contribution in [2.45, 2.75) is 19.9 Å². The minimum absolute atomic E-state index is 0.0529. The van der Waals surface area contributed by atoms with Crippen LogP contribution in [0.2, 0.25) is 0 Å². The van der Waals surface area contributed by atoms with Crippen LogP contribution in [0.25, 0.3) is 22.2 Å². The van der Waals surface area contributed by atoms with E-state index < -0.39 is 11.9 Å². The highest BCUT2D eigenvalue weighted by Crippen LogP contribution is 2.21. The van der Waals surface area contributed by atoms with Crippen LogP contribution in [0.15, 0.2) is 90.0 Å². The Morgan fingerprint density at radius 1 is 0.951 bits per heavy atom. The maximum absolute atomic E-state index is 14.2. The second-order valence-corrected chi connectivity index (χ2v) is 9.42. The lowest BCUT2D eigenvalue weighted by atomic mass is 10.1. The number of carbonyl (C=O) groups is 1. The number of hydrogen-bond donors (Lipinski definition) is 2. The number of fused-ring (bicyclic) bond motifs is 2. The van der Waals surface area contributed by atoms with Crippen molar-refractivity contribution in [3.05, 3.63) is 124 Å². The van der Waals surface area contributed by atoms with Gasteiger partial charge in [-0.3, -0.25) is 19.1 Å². The standard InChI is InChI=1S/C31H24N8O2/c1-19-11-14-25-36-28(32)27(39(25)37-19)30(40)34-20(2)29-35-24-10-6-7-22(13-12-21-15-17-33-18-16-21)26(24)31(41)38(29)23-8-4-3-5-9-23/h3-11,14-18,20H,32H2,1-2H3,(H,34,40)/t20-/m1/s1. The molecule has 2 aromatic carbocycles. The van der Waals surface area contributed by atoms with Gasteiger partial charge in [-0.15, -0.1) is 0 Å². The summed E-state index contributed by atoms with van der Waals surface area (Å²) < 4.78 is 2.92. The molecule has 4 aromatic heterocycles. The number of amides is 1. The molecule has 10 nitrogen and oxygen atoms in total. The fourth-order valence-electron chi connectivity index (χ4n) is 4.63. The molecule has 10 heteroatoms. The SMILES string of the molecule is Cc1ccc2nc(N)c(C(=O)N[C@H](C)c3nc4cccc(C#Cc5ccncc5)c4c(=O)n3-c3ccccc3)n2n1. The third-order valence-electron chi connectivity index (χ3n) is 6.55. The summed E-state index contributed by atoms with van der Waals surface area (Å²) in [4.78, 5) is 40.8. The van der Waals surface area contributed by atoms with Crippen molar-refractivity contribution in [1.29, 1.82) is 0 Å². The quantitative estimate of drug-likeness (QED) is 0.326. The molecule has 0 aliphatic heterocycles. The normalized spacial score (nSPS) is 11.7. The van der Waals surface area contributed by atoms with Crippen LogP contribution in [0.4, 0.5) is 5.82 Å². The fraction of sp³-hybridized carbons (Fsp3) is 0.0968. The van der Waals surface area contributed by atoms with Gasteiger partial charge in [0, 0.05) is 23.5 Å². The van der Waals surface area contributed by atoms with E-state index in [1.165, 1.54) is 9.08 Å². The van der Waals surface area contributed by atoms with Gasteiger partial charge in [0.15, 0.2) is 17.2 Å². The van der Waals surface area contributed by atoms with Crippen molar-refractivity contribution in [2.24, 2.45) is 0 Å². The number of nitrogens with zero attached hydrogens (tertiary/aromatic N) is 6. The molecule has 0 spiro atoms. The molecule has 0 aliphatic rings. The van der Waals surface area contributed by atoms with E-state index >= 15 is 0 Å². The van der Waals surface area contributed by atoms with Gasteiger partial charge in [-0.25, -0.2) is 14.5 Å². The lowest BCUT2D eigenvalue weighted by molar-refractivity contribution is 0.0931. The zero-order chi connectivity index (χ0) is 28.5. The number of pyridine rings is 1. The van der Waals surface area contributed by atoms with Gasteiger partial charge in [-0.1, -0.05) is 36.1 Å². The maximum Gasteiger partial charge on any atom is 0.274 e. The lowest BCUT2D eigenvalue weighted by Gasteiger charge is -2.20. The molecule has 0 unspecified atom stereocenters. The first-order valence-electron chi connectivity index (χ1n) is 12.9. The highest BCUT2D eigenvalue weighted by atomic mass is 16.2. The molecule has 41 heavy (non-hydrogen) atoms. The molecule has 0 bridgehead atoms. The molecule has 0 aliphatic carbocycles. The zero-order valence-corrected chi connectivity index (χ0v) is 22.2. The number of rotatable bonds is 4. The smallest absolute Gasteiger partial charge is 0.274 e. The van der Waals surface area contributed by atoms with Crippen LogP contribution < -0.4 is 16.6 Å². The van der Waals surface area contributed by atoms with Crippen molar-refractivity contribution in [3.8, 4) is 17.5 Å². The van der Waals surface area contributed by atoms with Crippen LogP contribution in [0, 0.1) is 18.8 Å². The third kappa shape index (κ3) is 4.77. The van der Waals surface area contributed by atoms with Gasteiger partial charge in [0.2, 0.25) is 0 Å². The molecule has 0 saturated heterocycles. The average molecular weight is 541 g/mol. The first kappa shape index (κ1) is 25.5. The maximum atomic E-state index is 14.2. The summed E-state index contributed by atoms with van der Waals surface area (Å²) in [5.41, 5.74) is 9.46. The van der Waals surface area contributed by atoms with Gasteiger partial charge in [0.25, 0.3) is 11.5 Å². The zero-order valence-electron chi connectivity index (χ0n) is 22.2.